The highest BCUT2D eigenvalue weighted by atomic mass is 15.2. The molecular formula is C14H28N2. The molecule has 0 spiro atoms. The maximum Gasteiger partial charge on any atom is 0.0104 e. The van der Waals surface area contributed by atoms with Crippen LogP contribution in [0.25, 0.3) is 0 Å². The van der Waals surface area contributed by atoms with E-state index in [2.05, 4.69) is 24.2 Å². The standard InChI is InChI=1S/C14H28N2/c1-3-10-16(13-8-9-13)11-12-6-4-5-7-14(12)15-2/h12-15H,3-11H2,1-2H3. The molecule has 2 atom stereocenters. The first-order valence-electron chi connectivity index (χ1n) is 7.26. The molecule has 2 unspecified atom stereocenters. The maximum absolute atomic E-state index is 3.53. The van der Waals surface area contributed by atoms with Gasteiger partial charge in [0.15, 0.2) is 0 Å². The van der Waals surface area contributed by atoms with E-state index in [-0.39, 0.29) is 0 Å². The van der Waals surface area contributed by atoms with Crippen molar-refractivity contribution in [1.29, 1.82) is 0 Å². The van der Waals surface area contributed by atoms with Gasteiger partial charge in [0.1, 0.15) is 0 Å². The third-order valence-corrected chi connectivity index (χ3v) is 4.32. The van der Waals surface area contributed by atoms with E-state index >= 15 is 0 Å². The third-order valence-electron chi connectivity index (χ3n) is 4.32. The molecule has 2 nitrogen and oxygen atoms in total. The van der Waals surface area contributed by atoms with E-state index in [1.165, 1.54) is 58.0 Å². The molecule has 0 bridgehead atoms. The average Bonchev–Trinajstić information content (AvgIpc) is 3.13. The van der Waals surface area contributed by atoms with Gasteiger partial charge in [-0.15, -0.1) is 0 Å². The van der Waals surface area contributed by atoms with E-state index in [1.54, 1.807) is 0 Å². The van der Waals surface area contributed by atoms with E-state index in [9.17, 15) is 0 Å². The first-order chi connectivity index (χ1) is 7.85. The molecule has 2 saturated carbocycles. The van der Waals surface area contributed by atoms with E-state index in [4.69, 9.17) is 0 Å². The smallest absolute Gasteiger partial charge is 0.0104 e. The molecule has 0 aliphatic heterocycles. The van der Waals surface area contributed by atoms with Gasteiger partial charge in [-0.25, -0.2) is 0 Å². The minimum absolute atomic E-state index is 0.784. The van der Waals surface area contributed by atoms with Crippen LogP contribution in [0.2, 0.25) is 0 Å². The zero-order valence-corrected chi connectivity index (χ0v) is 11.0. The van der Waals surface area contributed by atoms with Gasteiger partial charge in [0, 0.05) is 18.6 Å². The van der Waals surface area contributed by atoms with Crippen molar-refractivity contribution >= 4 is 0 Å². The molecule has 0 amide bonds. The van der Waals surface area contributed by atoms with E-state index in [0.29, 0.717) is 0 Å². The Morgan fingerprint density at radius 3 is 2.50 bits per heavy atom. The van der Waals surface area contributed by atoms with Crippen LogP contribution in [0.15, 0.2) is 0 Å². The lowest BCUT2D eigenvalue weighted by Gasteiger charge is -2.35. The van der Waals surface area contributed by atoms with Crippen molar-refractivity contribution in [3.05, 3.63) is 0 Å². The van der Waals surface area contributed by atoms with Gasteiger partial charge < -0.3 is 10.2 Å². The van der Waals surface area contributed by atoms with Gasteiger partial charge in [-0.1, -0.05) is 19.8 Å². The molecule has 0 saturated heterocycles. The van der Waals surface area contributed by atoms with Crippen LogP contribution in [0.3, 0.4) is 0 Å². The summed E-state index contributed by atoms with van der Waals surface area (Å²) in [7, 11) is 2.14. The molecular weight excluding hydrogens is 196 g/mol. The summed E-state index contributed by atoms with van der Waals surface area (Å²) in [5.74, 6) is 0.908. The summed E-state index contributed by atoms with van der Waals surface area (Å²) in [4.78, 5) is 2.76. The first-order valence-corrected chi connectivity index (χ1v) is 7.26. The minimum Gasteiger partial charge on any atom is -0.317 e. The van der Waals surface area contributed by atoms with Crippen molar-refractivity contribution in [2.24, 2.45) is 5.92 Å². The molecule has 0 heterocycles. The quantitative estimate of drug-likeness (QED) is 0.746. The molecule has 2 aliphatic rings. The highest BCUT2D eigenvalue weighted by Crippen LogP contribution is 2.31. The van der Waals surface area contributed by atoms with Gasteiger partial charge in [0.2, 0.25) is 0 Å². The Hall–Kier alpha value is -0.0800. The second-order valence-electron chi connectivity index (χ2n) is 5.67. The Labute approximate surface area is 101 Å². The monoisotopic (exact) mass is 224 g/mol. The van der Waals surface area contributed by atoms with Crippen LogP contribution in [-0.2, 0) is 0 Å². The third kappa shape index (κ3) is 3.21. The lowest BCUT2D eigenvalue weighted by Crippen LogP contribution is -2.43. The van der Waals surface area contributed by atoms with Gasteiger partial charge in [-0.2, -0.15) is 0 Å². The summed E-state index contributed by atoms with van der Waals surface area (Å²) in [6.45, 7) is 4.98. The normalized spacial score (nSPS) is 30.9. The van der Waals surface area contributed by atoms with Crippen molar-refractivity contribution in [1.82, 2.24) is 10.2 Å². The predicted molar refractivity (Wildman–Crippen MR) is 69.7 cm³/mol. The number of hydrogen-bond donors (Lipinski definition) is 1. The van der Waals surface area contributed by atoms with E-state index in [1.807, 2.05) is 0 Å². The lowest BCUT2D eigenvalue weighted by atomic mass is 9.84. The Morgan fingerprint density at radius 1 is 1.12 bits per heavy atom. The van der Waals surface area contributed by atoms with Crippen LogP contribution in [0.5, 0.6) is 0 Å². The molecule has 0 radical (unpaired) electrons. The van der Waals surface area contributed by atoms with Gasteiger partial charge in [0.25, 0.3) is 0 Å². The maximum atomic E-state index is 3.53. The van der Waals surface area contributed by atoms with Gasteiger partial charge in [-0.3, -0.25) is 0 Å². The summed E-state index contributed by atoms with van der Waals surface area (Å²) in [5, 5.41) is 3.53. The number of hydrogen-bond acceptors (Lipinski definition) is 2. The van der Waals surface area contributed by atoms with Crippen LogP contribution in [0.4, 0.5) is 0 Å². The van der Waals surface area contributed by atoms with Gasteiger partial charge in [-0.05, 0) is 51.6 Å². The molecule has 0 aromatic rings. The number of nitrogens with one attached hydrogen (secondary N) is 1. The largest absolute Gasteiger partial charge is 0.317 e. The van der Waals surface area contributed by atoms with Crippen molar-refractivity contribution in [3.63, 3.8) is 0 Å². The second-order valence-corrected chi connectivity index (χ2v) is 5.67. The Bertz CT molecular complexity index is 201. The molecule has 0 aromatic carbocycles. The van der Waals surface area contributed by atoms with Crippen molar-refractivity contribution in [2.45, 2.75) is 64.0 Å². The molecule has 2 rings (SSSR count). The van der Waals surface area contributed by atoms with Crippen LogP contribution < -0.4 is 5.32 Å². The average molecular weight is 224 g/mol. The van der Waals surface area contributed by atoms with Crippen molar-refractivity contribution in [3.8, 4) is 0 Å². The fraction of sp³-hybridized carbons (Fsp3) is 1.00. The fourth-order valence-corrected chi connectivity index (χ4v) is 3.26. The Kier molecular flexibility index (Phi) is 4.66. The molecule has 0 aromatic heterocycles. The second kappa shape index (κ2) is 6.02. The minimum atomic E-state index is 0.784. The zero-order valence-electron chi connectivity index (χ0n) is 11.0. The lowest BCUT2D eigenvalue weighted by molar-refractivity contribution is 0.165. The predicted octanol–water partition coefficient (Wildman–Crippen LogP) is 2.64. The molecule has 94 valence electrons. The van der Waals surface area contributed by atoms with Gasteiger partial charge in [0.05, 0.1) is 0 Å². The summed E-state index contributed by atoms with van der Waals surface area (Å²) in [5.41, 5.74) is 0. The Balaban J connectivity index is 1.84. The molecule has 2 fully saturated rings. The molecule has 1 N–H and O–H groups in total. The molecule has 2 aliphatic carbocycles. The highest BCUT2D eigenvalue weighted by molar-refractivity contribution is 4.89. The van der Waals surface area contributed by atoms with E-state index in [0.717, 1.165) is 18.0 Å². The van der Waals surface area contributed by atoms with Crippen LogP contribution in [0, 0.1) is 5.92 Å². The van der Waals surface area contributed by atoms with Crippen LogP contribution in [-0.4, -0.2) is 37.1 Å². The summed E-state index contributed by atoms with van der Waals surface area (Å²) in [6, 6.07) is 1.73. The van der Waals surface area contributed by atoms with E-state index < -0.39 is 0 Å². The van der Waals surface area contributed by atoms with Crippen molar-refractivity contribution < 1.29 is 0 Å². The zero-order chi connectivity index (χ0) is 11.4. The number of nitrogens with zero attached hydrogens (tertiary/aromatic N) is 1. The topological polar surface area (TPSA) is 15.3 Å². The molecule has 2 heteroatoms. The summed E-state index contributed by atoms with van der Waals surface area (Å²) >= 11 is 0. The van der Waals surface area contributed by atoms with Gasteiger partial charge >= 0.3 is 0 Å². The highest BCUT2D eigenvalue weighted by Gasteiger charge is 2.32. The fourth-order valence-electron chi connectivity index (χ4n) is 3.26. The molecule has 16 heavy (non-hydrogen) atoms. The SMILES string of the molecule is CCCN(CC1CCCCC1NC)C1CC1. The van der Waals surface area contributed by atoms with Crippen molar-refractivity contribution in [2.75, 3.05) is 20.1 Å². The summed E-state index contributed by atoms with van der Waals surface area (Å²) in [6.07, 6.45) is 9.94. The van der Waals surface area contributed by atoms with Crippen LogP contribution in [0.1, 0.15) is 51.9 Å². The van der Waals surface area contributed by atoms with Crippen LogP contribution >= 0.6 is 0 Å². The summed E-state index contributed by atoms with van der Waals surface area (Å²) < 4.78 is 0. The Morgan fingerprint density at radius 2 is 1.88 bits per heavy atom. The number of rotatable bonds is 6. The first kappa shape index (κ1) is 12.4.